The van der Waals surface area contributed by atoms with Crippen LogP contribution in [-0.4, -0.2) is 22.6 Å². The van der Waals surface area contributed by atoms with Gasteiger partial charge in [0.05, 0.1) is 0 Å². The van der Waals surface area contributed by atoms with E-state index in [0.717, 1.165) is 117 Å². The van der Waals surface area contributed by atoms with Crippen LogP contribution < -0.4 is 0 Å². The summed E-state index contributed by atoms with van der Waals surface area (Å²) in [5, 5.41) is 0. The van der Waals surface area contributed by atoms with Gasteiger partial charge in [-0.05, 0) is 252 Å². The Morgan fingerprint density at radius 1 is 0.400 bits per heavy atom. The molecule has 18 rings (SSSR count). The van der Waals surface area contributed by atoms with Gasteiger partial charge in [0.15, 0.2) is 0 Å². The molecule has 2 aromatic rings. The van der Waals surface area contributed by atoms with Crippen LogP contribution in [0.25, 0.3) is 0 Å². The van der Waals surface area contributed by atoms with E-state index >= 15 is 0 Å². The van der Waals surface area contributed by atoms with Crippen molar-refractivity contribution in [2.75, 3.05) is 0 Å². The first kappa shape index (κ1) is 36.9. The van der Waals surface area contributed by atoms with E-state index in [1.54, 1.807) is 141 Å². The van der Waals surface area contributed by atoms with Gasteiger partial charge in [-0.1, -0.05) is 14.1 Å². The SMILES string of the molecule is [Fe].[cH-]1[cH-][cH-][cH-][cH-]1.c1cc(CP(C2C3CC4CC(C3)CC2C4)C2C3CC4CC(C3)CC2C4)[c-](CP(C2C3CC4CC(C3)CC2C4)C2C3CC4CC(C3)CC2C4)c1. The summed E-state index contributed by atoms with van der Waals surface area (Å²) in [4.78, 5) is 0. The average molecular weight is 815 g/mol. The zero-order chi connectivity index (χ0) is 35.1. The first-order valence-electron chi connectivity index (χ1n) is 24.5. The predicted octanol–water partition coefficient (Wildman–Crippen LogP) is 14.1. The molecule has 304 valence electrons. The summed E-state index contributed by atoms with van der Waals surface area (Å²) in [6, 6.07) is 18.1. The van der Waals surface area contributed by atoms with Crippen molar-refractivity contribution >= 4 is 15.8 Å². The van der Waals surface area contributed by atoms with Gasteiger partial charge >= 0.3 is 0 Å². The molecule has 0 amide bonds. The molecule has 0 radical (unpaired) electrons. The molecule has 0 N–H and O–H groups in total. The van der Waals surface area contributed by atoms with Gasteiger partial charge in [-0.25, -0.2) is 12.1 Å². The molecule has 0 spiro atoms. The maximum atomic E-state index is 2.76. The average Bonchev–Trinajstić information content (AvgIpc) is 3.86. The first-order chi connectivity index (χ1) is 26.6. The van der Waals surface area contributed by atoms with Crippen LogP contribution in [0.5, 0.6) is 0 Å². The minimum atomic E-state index is 0. The van der Waals surface area contributed by atoms with Crippen molar-refractivity contribution in [2.24, 2.45) is 94.7 Å². The third kappa shape index (κ3) is 6.43. The van der Waals surface area contributed by atoms with Crippen molar-refractivity contribution in [1.29, 1.82) is 0 Å². The Hall–Kier alpha value is 0.0795. The minimum Gasteiger partial charge on any atom is -0.748 e. The summed E-state index contributed by atoms with van der Waals surface area (Å²) in [6.45, 7) is 0. The van der Waals surface area contributed by atoms with E-state index in [2.05, 4.69) is 18.2 Å². The van der Waals surface area contributed by atoms with Gasteiger partial charge < -0.3 is 30.3 Å². The molecule has 3 heteroatoms. The van der Waals surface area contributed by atoms with Crippen molar-refractivity contribution in [2.45, 2.75) is 163 Å². The van der Waals surface area contributed by atoms with Crippen LogP contribution in [0.2, 0.25) is 0 Å². The molecule has 2 aromatic carbocycles. The zero-order valence-corrected chi connectivity index (χ0v) is 36.9. The Kier molecular flexibility index (Phi) is 9.81. The van der Waals surface area contributed by atoms with Gasteiger partial charge in [-0.2, -0.15) is 11.6 Å². The topological polar surface area (TPSA) is 0 Å². The van der Waals surface area contributed by atoms with Crippen LogP contribution in [0.4, 0.5) is 0 Å². The van der Waals surface area contributed by atoms with Crippen molar-refractivity contribution in [3.05, 3.63) is 59.7 Å². The summed E-state index contributed by atoms with van der Waals surface area (Å²) in [7, 11) is 0.213. The molecule has 16 fully saturated rings. The predicted molar refractivity (Wildman–Crippen MR) is 229 cm³/mol. The van der Waals surface area contributed by atoms with E-state index in [0.29, 0.717) is 0 Å². The zero-order valence-electron chi connectivity index (χ0n) is 34.0. The first-order valence-corrected chi connectivity index (χ1v) is 27.9. The molecule has 0 atom stereocenters. The molecule has 0 aliphatic heterocycles. The Morgan fingerprint density at radius 3 is 0.964 bits per heavy atom. The molecule has 0 unspecified atom stereocenters. The van der Waals surface area contributed by atoms with Crippen LogP contribution in [0.1, 0.15) is 140 Å². The quantitative estimate of drug-likeness (QED) is 0.141. The number of hydrogen-bond donors (Lipinski definition) is 0. The summed E-state index contributed by atoms with van der Waals surface area (Å²) < 4.78 is 0. The fraction of sp³-hybridized carbons (Fsp3) is 0.808. The monoisotopic (exact) mass is 814 g/mol. The van der Waals surface area contributed by atoms with Crippen LogP contribution in [0.15, 0.2) is 48.5 Å². The van der Waals surface area contributed by atoms with Crippen LogP contribution in [0, 0.1) is 94.7 Å². The molecule has 0 aromatic heterocycles. The van der Waals surface area contributed by atoms with Crippen molar-refractivity contribution < 1.29 is 17.1 Å². The van der Waals surface area contributed by atoms with Crippen LogP contribution >= 0.6 is 15.8 Å². The molecule has 16 bridgehead atoms. The van der Waals surface area contributed by atoms with Crippen LogP contribution in [0.3, 0.4) is 0 Å². The summed E-state index contributed by atoms with van der Waals surface area (Å²) in [5.74, 6) is 18.2. The third-order valence-corrected chi connectivity index (χ3v) is 28.4. The molecule has 16 aliphatic carbocycles. The molecule has 16 aliphatic rings. The minimum absolute atomic E-state index is 0. The molecular formula is C52H72FeP2-6. The van der Waals surface area contributed by atoms with E-state index in [-0.39, 0.29) is 32.9 Å². The number of rotatable bonds is 8. The largest absolute Gasteiger partial charge is 0.748 e. The standard InChI is InChI=1S/C47H67P2.C5H5.Fe/c1-2-34(24-48(44-36-8-26-4-27(10-36)11-37(44)9-26)45-38-12-28-5-29(14-38)15-39(45)13-28)35(3-1)25-49(46-40-16-30-6-31(18-40)19-41(46)17-30)47-42-20-32-7-33(22-42)23-43(47)21-32;1-2-4-5-3-1;/h1-3,26-33,36-47H,4-25H2;1-5H;/q-1;-5;. The Morgan fingerprint density at radius 2 is 0.673 bits per heavy atom. The van der Waals surface area contributed by atoms with Gasteiger partial charge in [-0.15, -0.1) is 13.5 Å². The summed E-state index contributed by atoms with van der Waals surface area (Å²) in [5.41, 5.74) is 8.53. The Labute approximate surface area is 348 Å². The maximum absolute atomic E-state index is 2.76. The van der Waals surface area contributed by atoms with E-state index in [1.807, 2.05) is 41.5 Å². The van der Waals surface area contributed by atoms with Gasteiger partial charge in [0.25, 0.3) is 0 Å². The smallest absolute Gasteiger partial charge is 0 e. The van der Waals surface area contributed by atoms with E-state index in [4.69, 9.17) is 0 Å². The molecular weight excluding hydrogens is 742 g/mol. The normalized spacial score (nSPS) is 52.2. The summed E-state index contributed by atoms with van der Waals surface area (Å²) in [6.07, 6.45) is 36.1. The van der Waals surface area contributed by atoms with Crippen molar-refractivity contribution in [1.82, 2.24) is 0 Å². The van der Waals surface area contributed by atoms with E-state index < -0.39 is 0 Å². The fourth-order valence-corrected chi connectivity index (χ4v) is 29.4. The second kappa shape index (κ2) is 14.6. The van der Waals surface area contributed by atoms with Gasteiger partial charge in [0.2, 0.25) is 0 Å². The molecule has 0 saturated heterocycles. The summed E-state index contributed by atoms with van der Waals surface area (Å²) >= 11 is 0. The molecule has 0 nitrogen and oxygen atoms in total. The molecule has 0 heterocycles. The second-order valence-corrected chi connectivity index (χ2v) is 28.6. The fourth-order valence-electron chi connectivity index (χ4n) is 20.1. The van der Waals surface area contributed by atoms with Crippen LogP contribution in [-0.2, 0) is 29.4 Å². The second-order valence-electron chi connectivity index (χ2n) is 23.6. The molecule has 16 saturated carbocycles. The Balaban J connectivity index is 0.000000521. The van der Waals surface area contributed by atoms with Crippen molar-refractivity contribution in [3.8, 4) is 0 Å². The Bertz CT molecular complexity index is 1320. The van der Waals surface area contributed by atoms with E-state index in [9.17, 15) is 0 Å². The van der Waals surface area contributed by atoms with E-state index in [1.165, 1.54) is 0 Å². The maximum Gasteiger partial charge on any atom is 0 e. The van der Waals surface area contributed by atoms with Gasteiger partial charge in [-0.3, -0.25) is 0 Å². The third-order valence-electron chi connectivity index (χ3n) is 20.5. The van der Waals surface area contributed by atoms with Gasteiger partial charge in [0.1, 0.15) is 0 Å². The van der Waals surface area contributed by atoms with Crippen molar-refractivity contribution in [3.63, 3.8) is 0 Å². The number of hydrogen-bond acceptors (Lipinski definition) is 0. The molecule has 55 heavy (non-hydrogen) atoms. The van der Waals surface area contributed by atoms with Gasteiger partial charge in [0, 0.05) is 17.1 Å².